The van der Waals surface area contributed by atoms with E-state index in [0.29, 0.717) is 29.0 Å². The molecule has 0 amide bonds. The number of ether oxygens (including phenoxy) is 3. The highest BCUT2D eigenvalue weighted by atomic mass is 16.5. The highest BCUT2D eigenvalue weighted by molar-refractivity contribution is 6.30. The Balaban J connectivity index is 1.90. The van der Waals surface area contributed by atoms with Crippen molar-refractivity contribution in [2.45, 2.75) is 66.3 Å². The first-order valence-electron chi connectivity index (χ1n) is 15.9. The van der Waals surface area contributed by atoms with Gasteiger partial charge in [-0.25, -0.2) is 9.79 Å². The largest absolute Gasteiger partial charge is 0.469 e. The lowest BCUT2D eigenvalue weighted by molar-refractivity contribution is -0.141. The van der Waals surface area contributed by atoms with Crippen LogP contribution < -0.4 is 10.7 Å². The number of aromatic nitrogens is 1. The molecule has 4 aliphatic rings. The van der Waals surface area contributed by atoms with Crippen LogP contribution in [-0.4, -0.2) is 67.4 Å². The van der Waals surface area contributed by atoms with Crippen LogP contribution in [-0.2, 0) is 28.6 Å². The van der Waals surface area contributed by atoms with Gasteiger partial charge in [0.2, 0.25) is 0 Å². The summed E-state index contributed by atoms with van der Waals surface area (Å²) >= 11 is 0. The minimum Gasteiger partial charge on any atom is -0.469 e. The van der Waals surface area contributed by atoms with Crippen LogP contribution >= 0.6 is 0 Å². The molecule has 1 aromatic heterocycles. The molecule has 5 heterocycles. The number of nitrogens with zero attached hydrogens (tertiary/aromatic N) is 3. The molecule has 1 aromatic rings. The van der Waals surface area contributed by atoms with Gasteiger partial charge in [-0.1, -0.05) is 26.5 Å². The summed E-state index contributed by atoms with van der Waals surface area (Å²) in [6.07, 6.45) is 8.99. The third-order valence-corrected chi connectivity index (χ3v) is 9.64. The van der Waals surface area contributed by atoms with Crippen LogP contribution in [0.4, 0.5) is 0 Å². The molecule has 1 N–H and O–H groups in total. The Morgan fingerprint density at radius 2 is 1.70 bits per heavy atom. The lowest BCUT2D eigenvalue weighted by atomic mass is 9.83. The van der Waals surface area contributed by atoms with Crippen molar-refractivity contribution in [1.82, 2.24) is 4.98 Å². The molecule has 0 saturated heterocycles. The average molecular weight is 639 g/mol. The van der Waals surface area contributed by atoms with Gasteiger partial charge in [0.25, 0.3) is 0 Å². The molecule has 0 aromatic carbocycles. The summed E-state index contributed by atoms with van der Waals surface area (Å²) in [5, 5.41) is 1.74. The molecule has 1 unspecified atom stereocenters. The Morgan fingerprint density at radius 3 is 2.34 bits per heavy atom. The van der Waals surface area contributed by atoms with E-state index in [0.717, 1.165) is 56.5 Å². The Kier molecular flexibility index (Phi) is 9.60. The number of nitrogens with one attached hydrogen (secondary N) is 1. The number of hydrogen-bond donors (Lipinski definition) is 1. The standard InChI is InChI=1S/C37H42N4O6/c1-10-22-18(3)26-15-28-20(5)24(12-13-32(42)45-7)35(40-28)25(14-33(43)46-8)36-34(37(44)47-9)21(6)29(41-36)17-31-23(11-2)19(4)27(39-31)16-30(22)38-26/h10,15-17,20,24,29,38H,1,11-14H2,2-9H3/b26-15-,30-16-,31-17-,35-25-/t20-,24-,29?/m0/s1. The molecule has 0 fully saturated rings. The Hall–Kier alpha value is -4.86. The zero-order valence-electron chi connectivity index (χ0n) is 28.4. The van der Waals surface area contributed by atoms with Gasteiger partial charge in [-0.15, -0.1) is 0 Å². The number of fused-ring (bicyclic) bond motifs is 5. The molecule has 3 atom stereocenters. The molecule has 4 aliphatic heterocycles. The Morgan fingerprint density at radius 1 is 0.979 bits per heavy atom. The lowest BCUT2D eigenvalue weighted by Crippen LogP contribution is -2.22. The normalized spacial score (nSPS) is 25.9. The maximum Gasteiger partial charge on any atom is 0.340 e. The molecular weight excluding hydrogens is 596 g/mol. The lowest BCUT2D eigenvalue weighted by Gasteiger charge is -2.20. The van der Waals surface area contributed by atoms with Gasteiger partial charge in [-0.05, 0) is 74.1 Å². The Bertz CT molecular complexity index is 1930. The van der Waals surface area contributed by atoms with E-state index >= 15 is 0 Å². The van der Waals surface area contributed by atoms with Crippen LogP contribution in [0.2, 0.25) is 0 Å². The topological polar surface area (TPSA) is 132 Å². The predicted molar refractivity (Wildman–Crippen MR) is 183 cm³/mol. The van der Waals surface area contributed by atoms with E-state index < -0.39 is 18.0 Å². The quantitative estimate of drug-likeness (QED) is 0.332. The van der Waals surface area contributed by atoms with Crippen LogP contribution in [0.5, 0.6) is 0 Å². The van der Waals surface area contributed by atoms with E-state index in [4.69, 9.17) is 29.2 Å². The fourth-order valence-corrected chi connectivity index (χ4v) is 6.84. The van der Waals surface area contributed by atoms with Crippen molar-refractivity contribution in [2.75, 3.05) is 21.3 Å². The number of methoxy groups -OCH3 is 3. The number of rotatable bonds is 8. The number of H-pyrrole nitrogens is 1. The number of aliphatic imine (C=N–C) groups is 3. The van der Waals surface area contributed by atoms with Gasteiger partial charge in [0.15, 0.2) is 0 Å². The minimum atomic E-state index is -0.562. The molecule has 10 heteroatoms. The summed E-state index contributed by atoms with van der Waals surface area (Å²) < 4.78 is 15.4. The Labute approximate surface area is 274 Å². The van der Waals surface area contributed by atoms with Crippen molar-refractivity contribution in [1.29, 1.82) is 0 Å². The first kappa shape index (κ1) is 33.5. The fraction of sp³-hybridized carbons (Fsp3) is 0.405. The first-order valence-corrected chi connectivity index (χ1v) is 15.9. The van der Waals surface area contributed by atoms with Crippen molar-refractivity contribution >= 4 is 53.3 Å². The van der Waals surface area contributed by atoms with Crippen molar-refractivity contribution in [3.8, 4) is 0 Å². The second kappa shape index (κ2) is 13.5. The second-order valence-electron chi connectivity index (χ2n) is 12.1. The average Bonchev–Trinajstić information content (AvgIpc) is 3.74. The van der Waals surface area contributed by atoms with Crippen LogP contribution in [0, 0.1) is 18.8 Å². The first-order chi connectivity index (χ1) is 22.5. The smallest absolute Gasteiger partial charge is 0.340 e. The molecule has 8 bridgehead atoms. The molecule has 10 nitrogen and oxygen atoms in total. The van der Waals surface area contributed by atoms with Gasteiger partial charge in [-0.2, -0.15) is 0 Å². The monoisotopic (exact) mass is 638 g/mol. The van der Waals surface area contributed by atoms with Gasteiger partial charge in [-0.3, -0.25) is 19.6 Å². The number of esters is 3. The van der Waals surface area contributed by atoms with Crippen molar-refractivity contribution in [2.24, 2.45) is 26.8 Å². The van der Waals surface area contributed by atoms with Crippen LogP contribution in [0.3, 0.4) is 0 Å². The van der Waals surface area contributed by atoms with Crippen LogP contribution in [0.15, 0.2) is 66.9 Å². The third kappa shape index (κ3) is 6.04. The van der Waals surface area contributed by atoms with Gasteiger partial charge in [0.05, 0.1) is 62.2 Å². The van der Waals surface area contributed by atoms with Crippen molar-refractivity contribution < 1.29 is 28.6 Å². The van der Waals surface area contributed by atoms with E-state index in [-0.39, 0.29) is 36.2 Å². The zero-order chi connectivity index (χ0) is 34.2. The molecule has 246 valence electrons. The molecule has 0 saturated carbocycles. The van der Waals surface area contributed by atoms with Gasteiger partial charge in [0, 0.05) is 45.8 Å². The van der Waals surface area contributed by atoms with Crippen molar-refractivity contribution in [3.05, 3.63) is 73.7 Å². The summed E-state index contributed by atoms with van der Waals surface area (Å²) in [6.45, 7) is 14.2. The highest BCUT2D eigenvalue weighted by Crippen LogP contribution is 2.41. The van der Waals surface area contributed by atoms with E-state index in [2.05, 4.69) is 25.4 Å². The molecule has 0 radical (unpaired) electrons. The molecule has 5 rings (SSSR count). The third-order valence-electron chi connectivity index (χ3n) is 9.64. The van der Waals surface area contributed by atoms with E-state index in [9.17, 15) is 14.4 Å². The van der Waals surface area contributed by atoms with Crippen LogP contribution in [0.1, 0.15) is 64.5 Å². The molecule has 0 aliphatic carbocycles. The minimum absolute atomic E-state index is 0.149. The number of carbonyl (C=O) groups is 3. The zero-order valence-corrected chi connectivity index (χ0v) is 28.4. The summed E-state index contributed by atoms with van der Waals surface area (Å²) in [5.41, 5.74) is 8.84. The van der Waals surface area contributed by atoms with Gasteiger partial charge in [0.1, 0.15) is 0 Å². The second-order valence-corrected chi connectivity index (χ2v) is 12.1. The number of allylic oxidation sites excluding steroid dienone is 3. The van der Waals surface area contributed by atoms with Crippen LogP contribution in [0.25, 0.3) is 18.2 Å². The maximum absolute atomic E-state index is 13.4. The number of hydrogen-bond acceptors (Lipinski definition) is 9. The van der Waals surface area contributed by atoms with Gasteiger partial charge < -0.3 is 19.2 Å². The highest BCUT2D eigenvalue weighted by Gasteiger charge is 2.39. The van der Waals surface area contributed by atoms with E-state index in [1.165, 1.54) is 21.3 Å². The maximum atomic E-state index is 13.4. The molecule has 47 heavy (non-hydrogen) atoms. The summed E-state index contributed by atoms with van der Waals surface area (Å²) in [5.74, 6) is -1.85. The van der Waals surface area contributed by atoms with Gasteiger partial charge >= 0.3 is 17.9 Å². The number of carbonyl (C=O) groups excluding carboxylic acids is 3. The predicted octanol–water partition coefficient (Wildman–Crippen LogP) is 4.40. The summed E-state index contributed by atoms with van der Waals surface area (Å²) in [7, 11) is 4.00. The van der Waals surface area contributed by atoms with Crippen molar-refractivity contribution in [3.63, 3.8) is 0 Å². The number of aromatic amines is 1. The summed E-state index contributed by atoms with van der Waals surface area (Å²) in [6, 6.07) is -0.543. The fourth-order valence-electron chi connectivity index (χ4n) is 6.84. The van der Waals surface area contributed by atoms with E-state index in [1.807, 2.05) is 45.1 Å². The molecule has 0 spiro atoms. The SMILES string of the molecule is C=Cc1c(C)/c2[nH]/c1=C\C1=NC(=C\C3N=C(C(C(=O)OC)=C3C)/C(CC(=O)OC)=C3N=C(\C=2)[C@@H](C)[C@@H]\3CCC(=O)OC)/C(CC)=C1C. The molecular formula is C37H42N4O6. The summed E-state index contributed by atoms with van der Waals surface area (Å²) in [4.78, 5) is 57.6. The van der Waals surface area contributed by atoms with E-state index in [1.54, 1.807) is 0 Å².